The number of benzene rings is 1. The van der Waals surface area contributed by atoms with Gasteiger partial charge in [-0.1, -0.05) is 61.0 Å². The van der Waals surface area contributed by atoms with Gasteiger partial charge >= 0.3 is 0 Å². The molecule has 0 N–H and O–H groups in total. The molecule has 2 unspecified atom stereocenters. The summed E-state index contributed by atoms with van der Waals surface area (Å²) in [6, 6.07) is 9.04. The molecular formula is C17H25BrO. The van der Waals surface area contributed by atoms with Crippen molar-refractivity contribution in [1.29, 1.82) is 0 Å². The predicted octanol–water partition coefficient (Wildman–Crippen LogP) is 5.38. The monoisotopic (exact) mass is 324 g/mol. The van der Waals surface area contributed by atoms with Gasteiger partial charge in [0.05, 0.1) is 6.10 Å². The Labute approximate surface area is 125 Å². The van der Waals surface area contributed by atoms with Crippen molar-refractivity contribution >= 4 is 15.9 Å². The lowest BCUT2D eigenvalue weighted by Crippen LogP contribution is -2.11. The van der Waals surface area contributed by atoms with Gasteiger partial charge in [0.2, 0.25) is 0 Å². The maximum Gasteiger partial charge on any atom is 0.0576 e. The molecule has 1 fully saturated rings. The van der Waals surface area contributed by atoms with Crippen LogP contribution in [0.25, 0.3) is 0 Å². The van der Waals surface area contributed by atoms with Crippen molar-refractivity contribution in [3.8, 4) is 0 Å². The summed E-state index contributed by atoms with van der Waals surface area (Å²) >= 11 is 3.81. The minimum Gasteiger partial charge on any atom is -0.378 e. The fourth-order valence-electron chi connectivity index (χ4n) is 2.56. The van der Waals surface area contributed by atoms with Crippen LogP contribution in [0.2, 0.25) is 0 Å². The van der Waals surface area contributed by atoms with E-state index in [4.69, 9.17) is 4.74 Å². The van der Waals surface area contributed by atoms with Crippen LogP contribution in [0.5, 0.6) is 0 Å². The minimum absolute atomic E-state index is 0.234. The summed E-state index contributed by atoms with van der Waals surface area (Å²) in [7, 11) is 0. The van der Waals surface area contributed by atoms with Crippen LogP contribution in [0.1, 0.15) is 62.4 Å². The van der Waals surface area contributed by atoms with Gasteiger partial charge in [0.1, 0.15) is 0 Å². The highest BCUT2D eigenvalue weighted by atomic mass is 79.9. The lowest BCUT2D eigenvalue weighted by Gasteiger charge is -2.20. The molecule has 1 saturated heterocycles. The Bertz CT molecular complexity index is 385. The zero-order valence-electron chi connectivity index (χ0n) is 12.3. The fourth-order valence-corrected chi connectivity index (χ4v) is 3.13. The number of alkyl halides is 1. The van der Waals surface area contributed by atoms with Crippen LogP contribution >= 0.6 is 15.9 Å². The Morgan fingerprint density at radius 3 is 2.47 bits per heavy atom. The van der Waals surface area contributed by atoms with E-state index in [2.05, 4.69) is 61.0 Å². The molecule has 0 spiro atoms. The van der Waals surface area contributed by atoms with Gasteiger partial charge in [-0.05, 0) is 42.2 Å². The molecule has 106 valence electrons. The Hall–Kier alpha value is -0.340. The highest BCUT2D eigenvalue weighted by Crippen LogP contribution is 2.32. The molecule has 2 atom stereocenters. The number of hydrogen-bond acceptors (Lipinski definition) is 1. The van der Waals surface area contributed by atoms with E-state index < -0.39 is 0 Å². The first-order valence-corrected chi connectivity index (χ1v) is 8.24. The van der Waals surface area contributed by atoms with E-state index in [0.717, 1.165) is 19.4 Å². The van der Waals surface area contributed by atoms with Gasteiger partial charge in [0.25, 0.3) is 0 Å². The van der Waals surface area contributed by atoms with Crippen LogP contribution < -0.4 is 0 Å². The summed E-state index contributed by atoms with van der Waals surface area (Å²) in [6.07, 6.45) is 5.28. The lowest BCUT2D eigenvalue weighted by atomic mass is 9.86. The summed E-state index contributed by atoms with van der Waals surface area (Å²) in [6.45, 7) is 7.72. The molecule has 0 aliphatic carbocycles. The first-order valence-electron chi connectivity index (χ1n) is 7.33. The van der Waals surface area contributed by atoms with Gasteiger partial charge in [-0.25, -0.2) is 0 Å². The molecule has 0 bridgehead atoms. The van der Waals surface area contributed by atoms with E-state index in [9.17, 15) is 0 Å². The van der Waals surface area contributed by atoms with Gasteiger partial charge in [-0.15, -0.1) is 0 Å². The fraction of sp³-hybridized carbons (Fsp3) is 0.647. The number of rotatable bonds is 4. The molecule has 0 radical (unpaired) electrons. The average molecular weight is 325 g/mol. The smallest absolute Gasteiger partial charge is 0.0576 e. The maximum atomic E-state index is 5.68. The topological polar surface area (TPSA) is 9.23 Å². The molecule has 1 aromatic rings. The van der Waals surface area contributed by atoms with Crippen LogP contribution in [-0.4, -0.2) is 12.7 Å². The van der Waals surface area contributed by atoms with E-state index in [0.29, 0.717) is 10.9 Å². The second-order valence-corrected chi connectivity index (χ2v) is 7.66. The normalized spacial score (nSPS) is 21.6. The molecule has 0 saturated carbocycles. The average Bonchev–Trinajstić information content (AvgIpc) is 2.88. The predicted molar refractivity (Wildman–Crippen MR) is 85.0 cm³/mol. The van der Waals surface area contributed by atoms with Gasteiger partial charge in [-0.2, -0.15) is 0 Å². The Morgan fingerprint density at radius 2 is 1.95 bits per heavy atom. The number of ether oxygens (including phenoxy) is 1. The second-order valence-electron chi connectivity index (χ2n) is 6.55. The van der Waals surface area contributed by atoms with Gasteiger partial charge in [-0.3, -0.25) is 0 Å². The van der Waals surface area contributed by atoms with Crippen LogP contribution in [0.3, 0.4) is 0 Å². The molecule has 19 heavy (non-hydrogen) atoms. The van der Waals surface area contributed by atoms with Crippen LogP contribution in [0, 0.1) is 0 Å². The van der Waals surface area contributed by atoms with Crippen molar-refractivity contribution < 1.29 is 4.74 Å². The second kappa shape index (κ2) is 6.41. The van der Waals surface area contributed by atoms with Gasteiger partial charge in [0, 0.05) is 11.4 Å². The lowest BCUT2D eigenvalue weighted by molar-refractivity contribution is 0.102. The summed E-state index contributed by atoms with van der Waals surface area (Å²) in [4.78, 5) is 0.450. The van der Waals surface area contributed by atoms with Crippen molar-refractivity contribution in [3.05, 3.63) is 35.4 Å². The molecule has 1 aromatic carbocycles. The van der Waals surface area contributed by atoms with Crippen LogP contribution in [0.4, 0.5) is 0 Å². The van der Waals surface area contributed by atoms with Crippen LogP contribution in [-0.2, 0) is 10.2 Å². The third kappa shape index (κ3) is 4.32. The van der Waals surface area contributed by atoms with E-state index in [1.54, 1.807) is 0 Å². The summed E-state index contributed by atoms with van der Waals surface area (Å²) < 4.78 is 5.68. The van der Waals surface area contributed by atoms with E-state index in [1.165, 1.54) is 24.0 Å². The van der Waals surface area contributed by atoms with Crippen molar-refractivity contribution in [2.75, 3.05) is 6.61 Å². The zero-order chi connectivity index (χ0) is 13.9. The van der Waals surface area contributed by atoms with E-state index in [1.807, 2.05) is 0 Å². The van der Waals surface area contributed by atoms with E-state index >= 15 is 0 Å². The molecule has 1 aliphatic rings. The molecule has 0 amide bonds. The molecule has 2 rings (SSSR count). The molecule has 2 heteroatoms. The molecule has 1 aliphatic heterocycles. The van der Waals surface area contributed by atoms with Crippen molar-refractivity contribution in [3.63, 3.8) is 0 Å². The molecule has 0 aromatic heterocycles. The highest BCUT2D eigenvalue weighted by Gasteiger charge is 2.18. The van der Waals surface area contributed by atoms with Crippen molar-refractivity contribution in [1.82, 2.24) is 0 Å². The Balaban J connectivity index is 1.89. The summed E-state index contributed by atoms with van der Waals surface area (Å²) in [5.74, 6) is 0. The molecule has 1 nitrogen and oxygen atoms in total. The minimum atomic E-state index is 0.234. The summed E-state index contributed by atoms with van der Waals surface area (Å²) in [5, 5.41) is 0. The van der Waals surface area contributed by atoms with Crippen LogP contribution in [0.15, 0.2) is 24.3 Å². The van der Waals surface area contributed by atoms with Crippen molar-refractivity contribution in [2.24, 2.45) is 0 Å². The largest absolute Gasteiger partial charge is 0.378 e. The molecule has 1 heterocycles. The number of halogens is 1. The van der Waals surface area contributed by atoms with Gasteiger partial charge in [0.15, 0.2) is 0 Å². The quantitative estimate of drug-likeness (QED) is 0.675. The third-order valence-electron chi connectivity index (χ3n) is 3.90. The first kappa shape index (κ1) is 15.1. The highest BCUT2D eigenvalue weighted by molar-refractivity contribution is 9.09. The Morgan fingerprint density at radius 1 is 1.26 bits per heavy atom. The standard InChI is InChI=1S/C17H25BrO/c1-17(2,3)14-8-6-13(7-9-14)16(18)11-10-15-5-4-12-19-15/h6-9,15-16H,4-5,10-12H2,1-3H3. The van der Waals surface area contributed by atoms with Crippen molar-refractivity contribution in [2.45, 2.75) is 62.8 Å². The molecular weight excluding hydrogens is 300 g/mol. The third-order valence-corrected chi connectivity index (χ3v) is 4.89. The number of hydrogen-bond donors (Lipinski definition) is 0. The van der Waals surface area contributed by atoms with E-state index in [-0.39, 0.29) is 5.41 Å². The van der Waals surface area contributed by atoms with Gasteiger partial charge < -0.3 is 4.74 Å². The SMILES string of the molecule is CC(C)(C)c1ccc(C(Br)CCC2CCCO2)cc1. The first-order chi connectivity index (χ1) is 8.97. The maximum absolute atomic E-state index is 5.68. The summed E-state index contributed by atoms with van der Waals surface area (Å²) in [5.41, 5.74) is 3.01. The zero-order valence-corrected chi connectivity index (χ0v) is 13.9. The Kier molecular flexibility index (Phi) is 5.08.